The van der Waals surface area contributed by atoms with Crippen LogP contribution in [-0.2, 0) is 9.53 Å². The molecule has 0 saturated carbocycles. The van der Waals surface area contributed by atoms with Gasteiger partial charge >= 0.3 is 5.97 Å². The third kappa shape index (κ3) is 3.59. The lowest BCUT2D eigenvalue weighted by Gasteiger charge is -2.03. The van der Waals surface area contributed by atoms with Crippen molar-refractivity contribution in [3.8, 4) is 0 Å². The van der Waals surface area contributed by atoms with Crippen LogP contribution in [0.3, 0.4) is 0 Å². The fourth-order valence-electron chi connectivity index (χ4n) is 2.10. The molecule has 1 aromatic heterocycles. The Labute approximate surface area is 121 Å². The van der Waals surface area contributed by atoms with E-state index in [4.69, 9.17) is 4.74 Å². The maximum atomic E-state index is 13.3. The van der Waals surface area contributed by atoms with Crippen molar-refractivity contribution >= 4 is 22.8 Å². The third-order valence-corrected chi connectivity index (χ3v) is 3.07. The van der Waals surface area contributed by atoms with E-state index >= 15 is 0 Å². The predicted octanol–water partition coefficient (Wildman–Crippen LogP) is 2.30. The SMILES string of the molecule is CCOC(=O)CCNC(=O)c1cc2c(C)cc(F)cc2[nH]1. The second kappa shape index (κ2) is 6.39. The molecule has 0 saturated heterocycles. The zero-order valence-electron chi connectivity index (χ0n) is 12.0. The van der Waals surface area contributed by atoms with Gasteiger partial charge in [0.2, 0.25) is 0 Å². The van der Waals surface area contributed by atoms with Crippen LogP contribution in [-0.4, -0.2) is 30.0 Å². The Morgan fingerprint density at radius 3 is 2.81 bits per heavy atom. The third-order valence-electron chi connectivity index (χ3n) is 3.07. The molecule has 0 radical (unpaired) electrons. The van der Waals surface area contributed by atoms with Gasteiger partial charge in [0.05, 0.1) is 13.0 Å². The number of carbonyl (C=O) groups is 2. The average molecular weight is 292 g/mol. The summed E-state index contributed by atoms with van der Waals surface area (Å²) in [5, 5.41) is 3.42. The summed E-state index contributed by atoms with van der Waals surface area (Å²) in [6.07, 6.45) is 0.119. The first-order chi connectivity index (χ1) is 10.0. The van der Waals surface area contributed by atoms with Crippen molar-refractivity contribution in [2.45, 2.75) is 20.3 Å². The number of aryl methyl sites for hydroxylation is 1. The summed E-state index contributed by atoms with van der Waals surface area (Å²) in [5.41, 5.74) is 1.66. The topological polar surface area (TPSA) is 71.2 Å². The van der Waals surface area contributed by atoms with Crippen LogP contribution in [0.5, 0.6) is 0 Å². The van der Waals surface area contributed by atoms with Crippen LogP contribution in [0, 0.1) is 12.7 Å². The van der Waals surface area contributed by atoms with Gasteiger partial charge in [0.1, 0.15) is 11.5 Å². The molecule has 2 aromatic rings. The number of hydrogen-bond donors (Lipinski definition) is 2. The minimum Gasteiger partial charge on any atom is -0.466 e. The van der Waals surface area contributed by atoms with Crippen LogP contribution in [0.4, 0.5) is 4.39 Å². The highest BCUT2D eigenvalue weighted by molar-refractivity contribution is 5.98. The van der Waals surface area contributed by atoms with Crippen LogP contribution in [0.2, 0.25) is 0 Å². The Morgan fingerprint density at radius 1 is 1.33 bits per heavy atom. The molecule has 1 amide bonds. The van der Waals surface area contributed by atoms with E-state index in [-0.39, 0.29) is 30.7 Å². The second-order valence-corrected chi connectivity index (χ2v) is 4.68. The van der Waals surface area contributed by atoms with E-state index in [1.165, 1.54) is 12.1 Å². The lowest BCUT2D eigenvalue weighted by atomic mass is 10.1. The summed E-state index contributed by atoms with van der Waals surface area (Å²) < 4.78 is 18.1. The molecule has 0 aliphatic carbocycles. The van der Waals surface area contributed by atoms with Gasteiger partial charge in [-0.25, -0.2) is 4.39 Å². The number of nitrogens with one attached hydrogen (secondary N) is 2. The van der Waals surface area contributed by atoms with E-state index in [0.717, 1.165) is 10.9 Å². The molecule has 0 fully saturated rings. The molecule has 0 spiro atoms. The molecule has 1 aromatic carbocycles. The van der Waals surface area contributed by atoms with E-state index in [2.05, 4.69) is 10.3 Å². The van der Waals surface area contributed by atoms with Crippen molar-refractivity contribution in [3.63, 3.8) is 0 Å². The molecule has 0 bridgehead atoms. The average Bonchev–Trinajstić information content (AvgIpc) is 2.83. The molecule has 2 rings (SSSR count). The van der Waals surface area contributed by atoms with Gasteiger partial charge in [-0.2, -0.15) is 0 Å². The predicted molar refractivity (Wildman–Crippen MR) is 76.6 cm³/mol. The normalized spacial score (nSPS) is 10.6. The van der Waals surface area contributed by atoms with Gasteiger partial charge in [-0.3, -0.25) is 9.59 Å². The molecule has 112 valence electrons. The van der Waals surface area contributed by atoms with Crippen molar-refractivity contribution in [1.29, 1.82) is 0 Å². The molecule has 21 heavy (non-hydrogen) atoms. The Morgan fingerprint density at radius 2 is 2.10 bits per heavy atom. The Kier molecular flexibility index (Phi) is 4.57. The summed E-state index contributed by atoms with van der Waals surface area (Å²) in [5.74, 6) is -1.04. The number of rotatable bonds is 5. The number of esters is 1. The fraction of sp³-hybridized carbons (Fsp3) is 0.333. The van der Waals surface area contributed by atoms with E-state index in [1.54, 1.807) is 19.9 Å². The standard InChI is InChI=1S/C15H17FN2O3/c1-3-21-14(19)4-5-17-15(20)13-8-11-9(2)6-10(16)7-12(11)18-13/h6-8,18H,3-5H2,1-2H3,(H,17,20). The highest BCUT2D eigenvalue weighted by Gasteiger charge is 2.12. The van der Waals surface area contributed by atoms with Crippen molar-refractivity contribution < 1.29 is 18.7 Å². The number of aromatic amines is 1. The molecule has 0 unspecified atom stereocenters. The van der Waals surface area contributed by atoms with E-state index < -0.39 is 0 Å². The number of H-pyrrole nitrogens is 1. The zero-order valence-corrected chi connectivity index (χ0v) is 12.0. The van der Waals surface area contributed by atoms with Gasteiger partial charge in [-0.1, -0.05) is 0 Å². The molecule has 5 nitrogen and oxygen atoms in total. The Bertz CT molecular complexity index is 679. The van der Waals surface area contributed by atoms with E-state index in [0.29, 0.717) is 17.8 Å². The quantitative estimate of drug-likeness (QED) is 0.831. The van der Waals surface area contributed by atoms with Gasteiger partial charge < -0.3 is 15.0 Å². The molecule has 6 heteroatoms. The van der Waals surface area contributed by atoms with Crippen molar-refractivity contribution in [3.05, 3.63) is 35.3 Å². The maximum Gasteiger partial charge on any atom is 0.307 e. The van der Waals surface area contributed by atoms with Gasteiger partial charge in [0.25, 0.3) is 5.91 Å². The van der Waals surface area contributed by atoms with Crippen LogP contribution in [0.25, 0.3) is 10.9 Å². The fourth-order valence-corrected chi connectivity index (χ4v) is 2.10. The monoisotopic (exact) mass is 292 g/mol. The molecule has 0 aliphatic rings. The summed E-state index contributed by atoms with van der Waals surface area (Å²) in [6, 6.07) is 4.43. The lowest BCUT2D eigenvalue weighted by Crippen LogP contribution is -2.26. The number of amides is 1. The van der Waals surface area contributed by atoms with Crippen LogP contribution in [0.1, 0.15) is 29.4 Å². The number of aromatic nitrogens is 1. The molecule has 2 N–H and O–H groups in total. The molecular formula is C15H17FN2O3. The van der Waals surface area contributed by atoms with E-state index in [9.17, 15) is 14.0 Å². The maximum absolute atomic E-state index is 13.3. The minimum atomic E-state index is -0.354. The van der Waals surface area contributed by atoms with Crippen LogP contribution < -0.4 is 5.32 Å². The van der Waals surface area contributed by atoms with Crippen molar-refractivity contribution in [2.75, 3.05) is 13.2 Å². The summed E-state index contributed by atoms with van der Waals surface area (Å²) in [4.78, 5) is 26.0. The van der Waals surface area contributed by atoms with Crippen molar-refractivity contribution in [1.82, 2.24) is 10.3 Å². The zero-order chi connectivity index (χ0) is 15.4. The number of benzene rings is 1. The van der Waals surface area contributed by atoms with Crippen LogP contribution >= 0.6 is 0 Å². The highest BCUT2D eigenvalue weighted by atomic mass is 19.1. The number of ether oxygens (including phenoxy) is 1. The number of carbonyl (C=O) groups excluding carboxylic acids is 2. The number of fused-ring (bicyclic) bond motifs is 1. The number of halogens is 1. The van der Waals surface area contributed by atoms with Gasteiger partial charge in [0, 0.05) is 17.4 Å². The van der Waals surface area contributed by atoms with Gasteiger partial charge in [-0.15, -0.1) is 0 Å². The van der Waals surface area contributed by atoms with Crippen LogP contribution in [0.15, 0.2) is 18.2 Å². The molecular weight excluding hydrogens is 275 g/mol. The Hall–Kier alpha value is -2.37. The van der Waals surface area contributed by atoms with Crippen molar-refractivity contribution in [2.24, 2.45) is 0 Å². The summed E-state index contributed by atoms with van der Waals surface area (Å²) >= 11 is 0. The first-order valence-electron chi connectivity index (χ1n) is 6.74. The summed E-state index contributed by atoms with van der Waals surface area (Å²) in [7, 11) is 0. The number of hydrogen-bond acceptors (Lipinski definition) is 3. The molecule has 0 aliphatic heterocycles. The smallest absolute Gasteiger partial charge is 0.307 e. The lowest BCUT2D eigenvalue weighted by molar-refractivity contribution is -0.142. The first kappa shape index (κ1) is 15.0. The highest BCUT2D eigenvalue weighted by Crippen LogP contribution is 2.21. The largest absolute Gasteiger partial charge is 0.466 e. The molecule has 0 atom stereocenters. The first-order valence-corrected chi connectivity index (χ1v) is 6.74. The molecule has 1 heterocycles. The second-order valence-electron chi connectivity index (χ2n) is 4.68. The summed E-state index contributed by atoms with van der Waals surface area (Å²) in [6.45, 7) is 4.02. The van der Waals surface area contributed by atoms with Gasteiger partial charge in [0.15, 0.2) is 0 Å². The Balaban J connectivity index is 2.03. The van der Waals surface area contributed by atoms with Gasteiger partial charge in [-0.05, 0) is 37.6 Å². The van der Waals surface area contributed by atoms with E-state index in [1.807, 2.05) is 0 Å². The minimum absolute atomic E-state index is 0.119.